The van der Waals surface area contributed by atoms with Crippen molar-refractivity contribution < 1.29 is 0 Å². The zero-order valence-electron chi connectivity index (χ0n) is 8.14. The zero-order valence-corrected chi connectivity index (χ0v) is 8.95. The van der Waals surface area contributed by atoms with Gasteiger partial charge in [-0.3, -0.25) is 4.57 Å². The first-order valence-corrected chi connectivity index (χ1v) is 4.88. The summed E-state index contributed by atoms with van der Waals surface area (Å²) < 4.78 is 2.08. The van der Waals surface area contributed by atoms with Crippen LogP contribution in [0.4, 0.5) is 0 Å². The normalized spacial score (nSPS) is 9.38. The summed E-state index contributed by atoms with van der Waals surface area (Å²) in [5, 5.41) is 17.4. The van der Waals surface area contributed by atoms with Crippen LogP contribution in [0.2, 0.25) is 0 Å². The molecule has 0 unspecified atom stereocenters. The summed E-state index contributed by atoms with van der Waals surface area (Å²) in [6, 6.07) is 11.1. The molecule has 1 heterocycles. The lowest BCUT2D eigenvalue weighted by Crippen LogP contribution is -1.87. The average Bonchev–Trinajstić information content (AvgIpc) is 2.62. The van der Waals surface area contributed by atoms with Crippen molar-refractivity contribution >= 4 is 29.5 Å². The molecule has 4 nitrogen and oxygen atoms in total. The minimum atomic E-state index is 0.0147. The van der Waals surface area contributed by atoms with Crippen LogP contribution in [0.15, 0.2) is 29.8 Å². The van der Waals surface area contributed by atoms with Gasteiger partial charge in [0.1, 0.15) is 17.7 Å². The van der Waals surface area contributed by atoms with Gasteiger partial charge >= 0.3 is 0 Å². The quantitative estimate of drug-likeness (QED) is 0.600. The number of nitriles is 2. The van der Waals surface area contributed by atoms with E-state index in [0.29, 0.717) is 4.77 Å². The number of H-pyrrole nitrogens is 1. The largest absolute Gasteiger partial charge is 0.330 e. The van der Waals surface area contributed by atoms with Gasteiger partial charge in [0.25, 0.3) is 0 Å². The van der Waals surface area contributed by atoms with Crippen molar-refractivity contribution in [3.8, 4) is 12.1 Å². The number of benzene rings is 1. The number of imidazole rings is 1. The van der Waals surface area contributed by atoms with Gasteiger partial charge in [-0.05, 0) is 24.4 Å². The first-order valence-electron chi connectivity index (χ1n) is 4.47. The SMILES string of the molecule is N#CC(C#N)=Cn1c(=S)[nH]c2ccccc21. The molecule has 2 rings (SSSR count). The van der Waals surface area contributed by atoms with E-state index in [1.807, 2.05) is 24.3 Å². The third-order valence-electron chi connectivity index (χ3n) is 2.12. The summed E-state index contributed by atoms with van der Waals surface area (Å²) in [6.45, 7) is 0. The highest BCUT2D eigenvalue weighted by Gasteiger charge is 2.02. The third-order valence-corrected chi connectivity index (χ3v) is 2.42. The van der Waals surface area contributed by atoms with Crippen molar-refractivity contribution in [3.63, 3.8) is 0 Å². The molecule has 16 heavy (non-hydrogen) atoms. The molecule has 0 aliphatic carbocycles. The highest BCUT2D eigenvalue weighted by Crippen LogP contribution is 2.14. The number of hydrogen-bond donors (Lipinski definition) is 1. The third kappa shape index (κ3) is 1.60. The first-order chi connectivity index (χ1) is 7.76. The summed E-state index contributed by atoms with van der Waals surface area (Å²) in [5.74, 6) is 0. The molecule has 0 amide bonds. The molecule has 0 saturated heterocycles. The smallest absolute Gasteiger partial charge is 0.182 e. The van der Waals surface area contributed by atoms with Crippen molar-refractivity contribution in [1.29, 1.82) is 10.5 Å². The number of fused-ring (bicyclic) bond motifs is 1. The molecule has 5 heteroatoms. The number of para-hydroxylation sites is 2. The van der Waals surface area contributed by atoms with E-state index in [1.54, 1.807) is 16.7 Å². The molecule has 0 aliphatic heterocycles. The van der Waals surface area contributed by atoms with Gasteiger partial charge in [-0.15, -0.1) is 0 Å². The Hall–Kier alpha value is -2.37. The Balaban J connectivity index is 2.76. The van der Waals surface area contributed by atoms with Crippen LogP contribution in [0.3, 0.4) is 0 Å². The maximum absolute atomic E-state index is 8.69. The average molecular weight is 226 g/mol. The van der Waals surface area contributed by atoms with E-state index in [4.69, 9.17) is 22.7 Å². The fourth-order valence-corrected chi connectivity index (χ4v) is 1.68. The van der Waals surface area contributed by atoms with Gasteiger partial charge in [0.05, 0.1) is 11.0 Å². The van der Waals surface area contributed by atoms with Crippen LogP contribution in [0.5, 0.6) is 0 Å². The topological polar surface area (TPSA) is 68.3 Å². The van der Waals surface area contributed by atoms with Gasteiger partial charge in [0.15, 0.2) is 4.77 Å². The molecule has 0 radical (unpaired) electrons. The summed E-state index contributed by atoms with van der Waals surface area (Å²) >= 11 is 5.11. The molecule has 1 aromatic heterocycles. The van der Waals surface area contributed by atoms with E-state index in [0.717, 1.165) is 11.0 Å². The number of aromatic nitrogens is 2. The van der Waals surface area contributed by atoms with Gasteiger partial charge in [0.2, 0.25) is 0 Å². The number of hydrogen-bond acceptors (Lipinski definition) is 3. The predicted octanol–water partition coefficient (Wildman–Crippen LogP) is 2.59. The predicted molar refractivity (Wildman–Crippen MR) is 62.6 cm³/mol. The Morgan fingerprint density at radius 3 is 2.69 bits per heavy atom. The Kier molecular flexibility index (Phi) is 2.55. The Bertz CT molecular complexity index is 690. The van der Waals surface area contributed by atoms with E-state index in [9.17, 15) is 0 Å². The molecule has 0 fully saturated rings. The molecule has 0 bridgehead atoms. The highest BCUT2D eigenvalue weighted by atomic mass is 32.1. The van der Waals surface area contributed by atoms with E-state index in [1.165, 1.54) is 6.20 Å². The summed E-state index contributed by atoms with van der Waals surface area (Å²) in [6.07, 6.45) is 1.43. The lowest BCUT2D eigenvalue weighted by atomic mass is 10.3. The second-order valence-electron chi connectivity index (χ2n) is 3.08. The van der Waals surface area contributed by atoms with Crippen molar-refractivity contribution in [3.05, 3.63) is 34.6 Å². The number of rotatable bonds is 1. The van der Waals surface area contributed by atoms with Crippen LogP contribution in [0.1, 0.15) is 0 Å². The zero-order chi connectivity index (χ0) is 11.5. The molecule has 0 spiro atoms. The fourth-order valence-electron chi connectivity index (χ4n) is 1.41. The van der Waals surface area contributed by atoms with Crippen molar-refractivity contribution in [2.45, 2.75) is 0 Å². The van der Waals surface area contributed by atoms with Crippen molar-refractivity contribution in [1.82, 2.24) is 9.55 Å². The molecule has 0 atom stereocenters. The minimum Gasteiger partial charge on any atom is -0.330 e. The lowest BCUT2D eigenvalue weighted by molar-refractivity contribution is 1.13. The molecule has 0 aliphatic rings. The number of aromatic amines is 1. The van der Waals surface area contributed by atoms with E-state index in [-0.39, 0.29) is 5.57 Å². The van der Waals surface area contributed by atoms with Crippen LogP contribution < -0.4 is 0 Å². The molecule has 76 valence electrons. The van der Waals surface area contributed by atoms with E-state index >= 15 is 0 Å². The van der Waals surface area contributed by atoms with Gasteiger partial charge in [-0.2, -0.15) is 10.5 Å². The maximum Gasteiger partial charge on any atom is 0.182 e. The van der Waals surface area contributed by atoms with Gasteiger partial charge < -0.3 is 4.98 Å². The van der Waals surface area contributed by atoms with Crippen LogP contribution in [-0.4, -0.2) is 9.55 Å². The molecule has 0 saturated carbocycles. The molecular formula is C11H6N4S. The number of nitrogens with zero attached hydrogens (tertiary/aromatic N) is 3. The molecule has 1 N–H and O–H groups in total. The number of allylic oxidation sites excluding steroid dienone is 1. The summed E-state index contributed by atoms with van der Waals surface area (Å²) in [7, 11) is 0. The molecule has 2 aromatic rings. The van der Waals surface area contributed by atoms with E-state index in [2.05, 4.69) is 4.98 Å². The van der Waals surface area contributed by atoms with Crippen molar-refractivity contribution in [2.75, 3.05) is 0 Å². The number of nitrogens with one attached hydrogen (secondary N) is 1. The lowest BCUT2D eigenvalue weighted by Gasteiger charge is -1.94. The molecular weight excluding hydrogens is 220 g/mol. The summed E-state index contributed by atoms with van der Waals surface area (Å²) in [4.78, 5) is 2.99. The second kappa shape index (κ2) is 4.01. The highest BCUT2D eigenvalue weighted by molar-refractivity contribution is 7.71. The second-order valence-corrected chi connectivity index (χ2v) is 3.47. The van der Waals surface area contributed by atoms with Gasteiger partial charge in [-0.25, -0.2) is 0 Å². The standard InChI is InChI=1S/C11H6N4S/c12-5-8(6-13)7-15-10-4-2-1-3-9(10)14-11(15)16/h1-4,7H,(H,14,16). The monoisotopic (exact) mass is 226 g/mol. The Morgan fingerprint density at radius 2 is 2.00 bits per heavy atom. The van der Waals surface area contributed by atoms with Crippen LogP contribution >= 0.6 is 12.2 Å². The molecule has 1 aromatic carbocycles. The van der Waals surface area contributed by atoms with Crippen LogP contribution in [0.25, 0.3) is 17.2 Å². The van der Waals surface area contributed by atoms with Crippen LogP contribution in [0, 0.1) is 27.4 Å². The van der Waals surface area contributed by atoms with E-state index < -0.39 is 0 Å². The first kappa shape index (κ1) is 10.2. The van der Waals surface area contributed by atoms with Gasteiger partial charge in [-0.1, -0.05) is 12.1 Å². The summed E-state index contributed by atoms with van der Waals surface area (Å²) in [5.41, 5.74) is 1.73. The van der Waals surface area contributed by atoms with Gasteiger partial charge in [0, 0.05) is 6.20 Å². The Morgan fingerprint density at radius 1 is 1.31 bits per heavy atom. The Labute approximate surface area is 96.7 Å². The van der Waals surface area contributed by atoms with Crippen LogP contribution in [-0.2, 0) is 0 Å². The fraction of sp³-hybridized carbons (Fsp3) is 0. The minimum absolute atomic E-state index is 0.0147. The maximum atomic E-state index is 8.69. The van der Waals surface area contributed by atoms with Crippen molar-refractivity contribution in [2.24, 2.45) is 0 Å².